The molecule has 2 fully saturated rings. The zero-order valence-corrected chi connectivity index (χ0v) is 6.79. The van der Waals surface area contributed by atoms with Gasteiger partial charge in [0.15, 0.2) is 0 Å². The Balaban J connectivity index is 2.01. The number of rotatable bonds is 1. The normalized spacial score (nSPS) is 48.3. The molecule has 3 unspecified atom stereocenters. The highest BCUT2D eigenvalue weighted by Crippen LogP contribution is 2.50. The van der Waals surface area contributed by atoms with E-state index in [0.717, 1.165) is 16.4 Å². The maximum atomic E-state index is 2.34. The molecule has 2 aliphatic heterocycles. The van der Waals surface area contributed by atoms with Crippen LogP contribution in [0.4, 0.5) is 0 Å². The number of fused-ring (bicyclic) bond motifs is 2. The first-order chi connectivity index (χ1) is 4.40. The summed E-state index contributed by atoms with van der Waals surface area (Å²) < 4.78 is 0. The van der Waals surface area contributed by atoms with Gasteiger partial charge in [-0.25, -0.2) is 0 Å². The van der Waals surface area contributed by atoms with E-state index in [1.54, 1.807) is 0 Å². The lowest BCUT2D eigenvalue weighted by molar-refractivity contribution is 0.403. The second-order valence-electron chi connectivity index (χ2n) is 3.28. The molecule has 3 atom stereocenters. The summed E-state index contributed by atoms with van der Waals surface area (Å²) in [5, 5.41) is 2.14. The van der Waals surface area contributed by atoms with Crippen LogP contribution in [0.15, 0.2) is 0 Å². The van der Waals surface area contributed by atoms with Gasteiger partial charge in [-0.2, -0.15) is 11.8 Å². The van der Waals surface area contributed by atoms with E-state index >= 15 is 0 Å². The summed E-state index contributed by atoms with van der Waals surface area (Å²) in [7, 11) is 0. The van der Waals surface area contributed by atoms with Crippen LogP contribution in [0.1, 0.15) is 32.6 Å². The molecule has 2 saturated heterocycles. The van der Waals surface area contributed by atoms with E-state index in [1.807, 2.05) is 0 Å². The molecule has 0 saturated carbocycles. The van der Waals surface area contributed by atoms with Gasteiger partial charge in [0.2, 0.25) is 0 Å². The summed E-state index contributed by atoms with van der Waals surface area (Å²) in [6.07, 6.45) is 6.00. The van der Waals surface area contributed by atoms with E-state index in [-0.39, 0.29) is 0 Å². The quantitative estimate of drug-likeness (QED) is 0.542. The van der Waals surface area contributed by atoms with Crippen LogP contribution in [0.25, 0.3) is 0 Å². The van der Waals surface area contributed by atoms with Crippen LogP contribution in [0.3, 0.4) is 0 Å². The molecular weight excluding hydrogens is 128 g/mol. The Bertz CT molecular complexity index is 111. The van der Waals surface area contributed by atoms with Crippen molar-refractivity contribution in [1.82, 2.24) is 0 Å². The highest BCUT2D eigenvalue weighted by atomic mass is 32.2. The highest BCUT2D eigenvalue weighted by Gasteiger charge is 2.38. The Morgan fingerprint density at radius 1 is 1.44 bits per heavy atom. The summed E-state index contributed by atoms with van der Waals surface area (Å²) >= 11 is 2.26. The van der Waals surface area contributed by atoms with Gasteiger partial charge in [0.1, 0.15) is 0 Å². The van der Waals surface area contributed by atoms with E-state index < -0.39 is 0 Å². The van der Waals surface area contributed by atoms with Crippen molar-refractivity contribution in [2.75, 3.05) is 0 Å². The van der Waals surface area contributed by atoms with Gasteiger partial charge < -0.3 is 0 Å². The minimum absolute atomic E-state index is 1.07. The lowest BCUT2D eigenvalue weighted by atomic mass is 9.88. The van der Waals surface area contributed by atoms with Crippen LogP contribution in [0.5, 0.6) is 0 Å². The largest absolute Gasteiger partial charge is 0.155 e. The summed E-state index contributed by atoms with van der Waals surface area (Å²) in [5.74, 6) is 1.09. The number of hydrogen-bond acceptors (Lipinski definition) is 1. The van der Waals surface area contributed by atoms with Crippen molar-refractivity contribution in [2.24, 2.45) is 5.92 Å². The van der Waals surface area contributed by atoms with Crippen LogP contribution in [-0.2, 0) is 0 Å². The van der Waals surface area contributed by atoms with E-state index in [1.165, 1.54) is 25.7 Å². The molecule has 0 aliphatic carbocycles. The van der Waals surface area contributed by atoms with Crippen LogP contribution in [-0.4, -0.2) is 10.5 Å². The molecule has 0 aromatic carbocycles. The third-order valence-electron chi connectivity index (χ3n) is 2.76. The predicted octanol–water partition coefficient (Wildman–Crippen LogP) is 2.68. The van der Waals surface area contributed by atoms with Gasteiger partial charge in [-0.1, -0.05) is 13.3 Å². The summed E-state index contributed by atoms with van der Waals surface area (Å²) in [5.41, 5.74) is 0. The van der Waals surface area contributed by atoms with Gasteiger partial charge in [0.25, 0.3) is 0 Å². The maximum Gasteiger partial charge on any atom is 0.00788 e. The van der Waals surface area contributed by atoms with Gasteiger partial charge >= 0.3 is 0 Å². The fourth-order valence-electron chi connectivity index (χ4n) is 2.17. The molecule has 2 aliphatic rings. The molecule has 0 spiro atoms. The molecule has 0 aromatic heterocycles. The molecule has 0 N–H and O–H groups in total. The van der Waals surface area contributed by atoms with Crippen molar-refractivity contribution < 1.29 is 0 Å². The Kier molecular flexibility index (Phi) is 1.48. The van der Waals surface area contributed by atoms with Crippen molar-refractivity contribution in [3.63, 3.8) is 0 Å². The van der Waals surface area contributed by atoms with Crippen molar-refractivity contribution >= 4 is 11.8 Å². The highest BCUT2D eigenvalue weighted by molar-refractivity contribution is 8.01. The smallest absolute Gasteiger partial charge is 0.00788 e. The molecule has 0 aromatic rings. The molecule has 2 heterocycles. The Morgan fingerprint density at radius 3 is 2.67 bits per heavy atom. The molecule has 9 heavy (non-hydrogen) atoms. The molecular formula is C8H14S. The number of hydrogen-bond donors (Lipinski definition) is 0. The summed E-state index contributed by atoms with van der Waals surface area (Å²) in [4.78, 5) is 0. The van der Waals surface area contributed by atoms with Crippen molar-refractivity contribution in [1.29, 1.82) is 0 Å². The average molecular weight is 142 g/mol. The van der Waals surface area contributed by atoms with Crippen LogP contribution < -0.4 is 0 Å². The topological polar surface area (TPSA) is 0 Å². The lowest BCUT2D eigenvalue weighted by Gasteiger charge is -2.17. The van der Waals surface area contributed by atoms with E-state index in [2.05, 4.69) is 18.7 Å². The fourth-order valence-corrected chi connectivity index (χ4v) is 4.10. The monoisotopic (exact) mass is 142 g/mol. The first-order valence-corrected chi connectivity index (χ1v) is 5.00. The molecule has 1 heteroatoms. The van der Waals surface area contributed by atoms with Gasteiger partial charge in [0, 0.05) is 10.5 Å². The summed E-state index contributed by atoms with van der Waals surface area (Å²) in [6.45, 7) is 2.34. The lowest BCUT2D eigenvalue weighted by Crippen LogP contribution is -2.13. The first kappa shape index (κ1) is 6.09. The van der Waals surface area contributed by atoms with E-state index in [4.69, 9.17) is 0 Å². The van der Waals surface area contributed by atoms with Gasteiger partial charge in [-0.3, -0.25) is 0 Å². The van der Waals surface area contributed by atoms with E-state index in [9.17, 15) is 0 Å². The average Bonchev–Trinajstić information content (AvgIpc) is 2.45. The minimum Gasteiger partial charge on any atom is -0.155 e. The zero-order chi connectivity index (χ0) is 6.27. The third-order valence-corrected chi connectivity index (χ3v) is 4.54. The zero-order valence-electron chi connectivity index (χ0n) is 5.97. The molecule has 0 radical (unpaired) electrons. The standard InChI is InChI=1S/C8H14S/c1-2-6-5-7-3-4-8(6)9-7/h6-8H,2-5H2,1H3. The molecule has 2 bridgehead atoms. The van der Waals surface area contributed by atoms with Crippen molar-refractivity contribution in [2.45, 2.75) is 43.1 Å². The third kappa shape index (κ3) is 0.899. The van der Waals surface area contributed by atoms with Gasteiger partial charge in [-0.05, 0) is 25.2 Å². The molecule has 2 rings (SSSR count). The van der Waals surface area contributed by atoms with Crippen LogP contribution >= 0.6 is 11.8 Å². The van der Waals surface area contributed by atoms with Crippen molar-refractivity contribution in [3.05, 3.63) is 0 Å². The second-order valence-corrected chi connectivity index (χ2v) is 4.82. The Morgan fingerprint density at radius 2 is 2.33 bits per heavy atom. The molecule has 0 amide bonds. The Hall–Kier alpha value is 0.350. The number of thioether (sulfide) groups is 1. The van der Waals surface area contributed by atoms with Crippen LogP contribution in [0, 0.1) is 5.92 Å². The second kappa shape index (κ2) is 2.19. The van der Waals surface area contributed by atoms with Crippen molar-refractivity contribution in [3.8, 4) is 0 Å². The molecule has 52 valence electrons. The first-order valence-electron chi connectivity index (χ1n) is 4.05. The van der Waals surface area contributed by atoms with E-state index in [0.29, 0.717) is 0 Å². The predicted molar refractivity (Wildman–Crippen MR) is 42.8 cm³/mol. The maximum absolute atomic E-state index is 2.34. The molecule has 0 nitrogen and oxygen atoms in total. The minimum atomic E-state index is 1.07. The fraction of sp³-hybridized carbons (Fsp3) is 1.00. The van der Waals surface area contributed by atoms with Gasteiger partial charge in [-0.15, -0.1) is 0 Å². The summed E-state index contributed by atoms with van der Waals surface area (Å²) in [6, 6.07) is 0. The Labute approximate surface area is 61.4 Å². The van der Waals surface area contributed by atoms with Crippen LogP contribution in [0.2, 0.25) is 0 Å². The van der Waals surface area contributed by atoms with Gasteiger partial charge in [0.05, 0.1) is 0 Å². The SMILES string of the molecule is CCC1CC2CCC1S2.